The molecule has 3 aromatic carbocycles. The molecule has 0 heterocycles. The van der Waals surface area contributed by atoms with Gasteiger partial charge in [0.05, 0.1) is 24.8 Å². The van der Waals surface area contributed by atoms with Gasteiger partial charge in [-0.05, 0) is 170 Å². The molecule has 56 heavy (non-hydrogen) atoms. The van der Waals surface area contributed by atoms with Crippen LogP contribution in [-0.4, -0.2) is 30.5 Å². The standard InChI is InChI=1S/C52H72O3P/c1-36(2)41-28-31-52(47(54)55-8)33-32-50(6)42(45(41)52)26-27-44-49(5)35-37(46(53)48(3,4)43(49)29-30-51(44,50)7)19-18-34-56(38-20-12-9-13-21-38,39-22-14-10-15-23-39)40-24-16-11-17-25-40/h9-17,20-25,36-37,41-46,53H,18-19,26-35H2,1-8H3/q+1/t37-,41-,42+,43-,44+,45+,46+,49-,50+,51+,52-/m0/s1. The molecule has 3 nitrogen and oxygen atoms in total. The molecule has 0 spiro atoms. The summed E-state index contributed by atoms with van der Waals surface area (Å²) in [6.45, 7) is 17.7. The quantitative estimate of drug-likeness (QED) is 0.174. The molecule has 0 radical (unpaired) electrons. The summed E-state index contributed by atoms with van der Waals surface area (Å²) in [6, 6.07) is 34.0. The van der Waals surface area contributed by atoms with Crippen LogP contribution >= 0.6 is 7.26 Å². The Bertz CT molecular complexity index is 1740. The monoisotopic (exact) mass is 776 g/mol. The molecule has 3 aromatic rings. The van der Waals surface area contributed by atoms with Gasteiger partial charge >= 0.3 is 5.97 Å². The highest BCUT2D eigenvalue weighted by atomic mass is 31.2. The third kappa shape index (κ3) is 5.80. The number of benzene rings is 3. The molecule has 5 aliphatic carbocycles. The first-order chi connectivity index (χ1) is 26.7. The van der Waals surface area contributed by atoms with Crippen molar-refractivity contribution in [3.05, 3.63) is 91.0 Å². The second-order valence-corrected chi connectivity index (χ2v) is 24.8. The fraction of sp³-hybridized carbons (Fsp3) is 0.635. The van der Waals surface area contributed by atoms with Crippen molar-refractivity contribution in [3.8, 4) is 0 Å². The molecule has 0 bridgehead atoms. The Balaban J connectivity index is 1.11. The maximum atomic E-state index is 13.8. The van der Waals surface area contributed by atoms with Gasteiger partial charge in [0, 0.05) is 0 Å². The van der Waals surface area contributed by atoms with Gasteiger partial charge < -0.3 is 9.84 Å². The van der Waals surface area contributed by atoms with Gasteiger partial charge in [-0.1, -0.05) is 103 Å². The van der Waals surface area contributed by atoms with Gasteiger partial charge in [-0.2, -0.15) is 0 Å². The topological polar surface area (TPSA) is 46.5 Å². The first kappa shape index (κ1) is 40.3. The second-order valence-electron chi connectivity index (χ2n) is 21.2. The Morgan fingerprint density at radius 1 is 0.732 bits per heavy atom. The Hall–Kier alpha value is -2.48. The number of hydrogen-bond donors (Lipinski definition) is 1. The van der Waals surface area contributed by atoms with Crippen LogP contribution in [0.1, 0.15) is 119 Å². The summed E-state index contributed by atoms with van der Waals surface area (Å²) in [5.74, 6) is 3.67. The summed E-state index contributed by atoms with van der Waals surface area (Å²) in [7, 11) is -0.297. The Morgan fingerprint density at radius 3 is 1.84 bits per heavy atom. The zero-order valence-corrected chi connectivity index (χ0v) is 36.9. The van der Waals surface area contributed by atoms with Gasteiger partial charge in [-0.15, -0.1) is 0 Å². The van der Waals surface area contributed by atoms with Gasteiger partial charge in [0.15, 0.2) is 0 Å². The van der Waals surface area contributed by atoms with Crippen molar-refractivity contribution >= 4 is 29.1 Å². The number of fused-ring (bicyclic) bond motifs is 7. The van der Waals surface area contributed by atoms with Crippen LogP contribution in [0, 0.1) is 68.5 Å². The van der Waals surface area contributed by atoms with E-state index < -0.39 is 7.26 Å². The van der Waals surface area contributed by atoms with E-state index in [4.69, 9.17) is 4.74 Å². The number of carbonyl (C=O) groups is 1. The van der Waals surface area contributed by atoms with E-state index in [-0.39, 0.29) is 45.1 Å². The van der Waals surface area contributed by atoms with Crippen molar-refractivity contribution in [1.82, 2.24) is 0 Å². The van der Waals surface area contributed by atoms with Crippen molar-refractivity contribution < 1.29 is 14.6 Å². The Labute approximate surface area is 340 Å². The molecule has 5 saturated carbocycles. The van der Waals surface area contributed by atoms with E-state index in [1.807, 2.05) is 0 Å². The fourth-order valence-electron chi connectivity index (χ4n) is 16.0. The maximum absolute atomic E-state index is 13.8. The van der Waals surface area contributed by atoms with E-state index in [0.29, 0.717) is 35.5 Å². The predicted octanol–water partition coefficient (Wildman–Crippen LogP) is 11.3. The number of aliphatic hydroxyl groups excluding tert-OH is 1. The van der Waals surface area contributed by atoms with Crippen molar-refractivity contribution in [3.63, 3.8) is 0 Å². The van der Waals surface area contributed by atoms with Crippen LogP contribution in [0.5, 0.6) is 0 Å². The molecular formula is C52H72O3P+. The molecular weight excluding hydrogens is 704 g/mol. The number of aliphatic hydroxyl groups is 1. The van der Waals surface area contributed by atoms with Crippen LogP contribution < -0.4 is 15.9 Å². The van der Waals surface area contributed by atoms with Gasteiger partial charge in [0.1, 0.15) is 23.2 Å². The zero-order valence-electron chi connectivity index (χ0n) is 36.0. The van der Waals surface area contributed by atoms with Crippen molar-refractivity contribution in [2.75, 3.05) is 13.3 Å². The van der Waals surface area contributed by atoms with Crippen molar-refractivity contribution in [1.29, 1.82) is 0 Å². The molecule has 0 unspecified atom stereocenters. The van der Waals surface area contributed by atoms with Crippen LogP contribution in [0.2, 0.25) is 0 Å². The predicted molar refractivity (Wildman–Crippen MR) is 235 cm³/mol. The lowest BCUT2D eigenvalue weighted by Crippen LogP contribution is -2.68. The lowest BCUT2D eigenvalue weighted by molar-refractivity contribution is -0.258. The molecule has 4 heteroatoms. The third-order valence-corrected chi connectivity index (χ3v) is 23.2. The minimum Gasteiger partial charge on any atom is -0.469 e. The summed E-state index contributed by atoms with van der Waals surface area (Å²) in [5.41, 5.74) is 0.151. The molecule has 1 N–H and O–H groups in total. The largest absolute Gasteiger partial charge is 0.469 e. The van der Waals surface area contributed by atoms with Crippen LogP contribution in [-0.2, 0) is 9.53 Å². The van der Waals surface area contributed by atoms with Gasteiger partial charge in [0.25, 0.3) is 0 Å². The molecule has 8 rings (SSSR count). The van der Waals surface area contributed by atoms with Crippen LogP contribution in [0.3, 0.4) is 0 Å². The molecule has 5 aliphatic rings. The number of hydrogen-bond acceptors (Lipinski definition) is 3. The van der Waals surface area contributed by atoms with Gasteiger partial charge in [-0.3, -0.25) is 4.79 Å². The lowest BCUT2D eigenvalue weighted by atomic mass is 9.31. The fourth-order valence-corrected chi connectivity index (χ4v) is 20.4. The minimum absolute atomic E-state index is 0.0831. The van der Waals surface area contributed by atoms with Crippen molar-refractivity contribution in [2.45, 2.75) is 125 Å². The van der Waals surface area contributed by atoms with E-state index in [1.165, 1.54) is 48.0 Å². The van der Waals surface area contributed by atoms with E-state index in [9.17, 15) is 9.90 Å². The Kier molecular flexibility index (Phi) is 10.6. The smallest absolute Gasteiger partial charge is 0.312 e. The highest BCUT2D eigenvalue weighted by Gasteiger charge is 2.72. The first-order valence-electron chi connectivity index (χ1n) is 22.5. The van der Waals surface area contributed by atoms with Gasteiger partial charge in [-0.25, -0.2) is 0 Å². The van der Waals surface area contributed by atoms with Crippen LogP contribution in [0.25, 0.3) is 0 Å². The average Bonchev–Trinajstić information content (AvgIpc) is 3.61. The molecule has 11 atom stereocenters. The highest BCUT2D eigenvalue weighted by molar-refractivity contribution is 7.95. The molecule has 302 valence electrons. The zero-order chi connectivity index (χ0) is 39.7. The third-order valence-electron chi connectivity index (χ3n) is 18.7. The number of ether oxygens (including phenoxy) is 1. The first-order valence-corrected chi connectivity index (χ1v) is 24.5. The summed E-state index contributed by atoms with van der Waals surface area (Å²) in [4.78, 5) is 13.8. The van der Waals surface area contributed by atoms with E-state index in [2.05, 4.69) is 139 Å². The second kappa shape index (κ2) is 14.7. The molecule has 0 aromatic heterocycles. The molecule has 0 aliphatic heterocycles. The molecule has 0 amide bonds. The average molecular weight is 776 g/mol. The van der Waals surface area contributed by atoms with Crippen LogP contribution in [0.4, 0.5) is 0 Å². The van der Waals surface area contributed by atoms with E-state index >= 15 is 0 Å². The Morgan fingerprint density at radius 2 is 1.30 bits per heavy atom. The van der Waals surface area contributed by atoms with E-state index in [1.54, 1.807) is 7.11 Å². The number of carbonyl (C=O) groups excluding carboxylic acids is 1. The summed E-state index contributed by atoms with van der Waals surface area (Å²) in [5, 5.41) is 16.8. The molecule has 0 saturated heterocycles. The molecule has 5 fully saturated rings. The van der Waals surface area contributed by atoms with Gasteiger partial charge in [0.2, 0.25) is 0 Å². The lowest BCUT2D eigenvalue weighted by Gasteiger charge is -2.73. The summed E-state index contributed by atoms with van der Waals surface area (Å²) < 4.78 is 5.67. The number of methoxy groups -OCH3 is 1. The summed E-state index contributed by atoms with van der Waals surface area (Å²) in [6.07, 6.45) is 13.3. The maximum Gasteiger partial charge on any atom is 0.312 e. The number of rotatable bonds is 9. The number of esters is 1. The normalized spacial score (nSPS) is 38.9. The minimum atomic E-state index is -1.93. The van der Waals surface area contributed by atoms with Crippen LogP contribution in [0.15, 0.2) is 91.0 Å². The summed E-state index contributed by atoms with van der Waals surface area (Å²) >= 11 is 0. The highest BCUT2D eigenvalue weighted by Crippen LogP contribution is 2.78. The SMILES string of the molecule is COC(=O)[C@]12CC[C@@H](C(C)C)[C@@H]1[C@H]1CC[C@@H]3[C@@]4(C)C[C@H](CCC[P+](c5ccccc5)(c5ccccc5)c5ccccc5)[C@@H](O)C(C)(C)[C@@H]4CC[C@@]3(C)[C@]1(C)CC2. The van der Waals surface area contributed by atoms with E-state index in [0.717, 1.165) is 44.7 Å². The van der Waals surface area contributed by atoms with Crippen molar-refractivity contribution in [2.24, 2.45) is 68.5 Å².